The van der Waals surface area contributed by atoms with Gasteiger partial charge in [0.15, 0.2) is 0 Å². The molecule has 1 fully saturated rings. The van der Waals surface area contributed by atoms with Gasteiger partial charge in [0, 0.05) is 37.7 Å². The van der Waals surface area contributed by atoms with Crippen molar-refractivity contribution in [2.45, 2.75) is 18.6 Å². The lowest BCUT2D eigenvalue weighted by Gasteiger charge is -2.31. The summed E-state index contributed by atoms with van der Waals surface area (Å²) in [4.78, 5) is 15.6. The summed E-state index contributed by atoms with van der Waals surface area (Å²) in [7, 11) is 1.77. The second-order valence-corrected chi connectivity index (χ2v) is 5.69. The Hall–Kier alpha value is -0.730. The van der Waals surface area contributed by atoms with E-state index in [2.05, 4.69) is 17.9 Å². The van der Waals surface area contributed by atoms with Gasteiger partial charge in [-0.05, 0) is 0 Å². The summed E-state index contributed by atoms with van der Waals surface area (Å²) in [5.41, 5.74) is 0. The molecule has 0 N–H and O–H groups in total. The number of carbonyl (C=O) groups excluding carboxylic acids is 1. The Morgan fingerprint density at radius 1 is 1.69 bits per heavy atom. The summed E-state index contributed by atoms with van der Waals surface area (Å²) in [5.74, 6) is 1.23. The Bertz CT molecular complexity index is 277. The normalized spacial score (nSPS) is 21.4. The molecule has 1 amide bonds. The maximum absolute atomic E-state index is 11.8. The van der Waals surface area contributed by atoms with Crippen molar-refractivity contribution in [3.8, 4) is 6.07 Å². The fraction of sp³-hybridized carbons (Fsp3) is 0.818. The second-order valence-electron chi connectivity index (χ2n) is 4.14. The Morgan fingerprint density at radius 2 is 2.44 bits per heavy atom. The number of carbonyl (C=O) groups is 1. The zero-order chi connectivity index (χ0) is 12.0. The summed E-state index contributed by atoms with van der Waals surface area (Å²) in [5, 5.41) is 9.07. The molecule has 1 rings (SSSR count). The van der Waals surface area contributed by atoms with Crippen molar-refractivity contribution in [3.63, 3.8) is 0 Å². The molecule has 1 heterocycles. The number of rotatable bonds is 4. The molecule has 16 heavy (non-hydrogen) atoms. The zero-order valence-corrected chi connectivity index (χ0v) is 10.8. The van der Waals surface area contributed by atoms with Crippen LogP contribution >= 0.6 is 11.8 Å². The smallest absolute Gasteiger partial charge is 0.236 e. The van der Waals surface area contributed by atoms with Crippen molar-refractivity contribution in [2.24, 2.45) is 0 Å². The van der Waals surface area contributed by atoms with Crippen LogP contribution in [0.2, 0.25) is 0 Å². The number of hydrogen-bond donors (Lipinski definition) is 0. The van der Waals surface area contributed by atoms with Crippen LogP contribution in [0.3, 0.4) is 0 Å². The number of hydrogen-bond acceptors (Lipinski definition) is 4. The highest BCUT2D eigenvalue weighted by atomic mass is 32.2. The maximum Gasteiger partial charge on any atom is 0.236 e. The molecule has 0 spiro atoms. The number of amides is 1. The van der Waals surface area contributed by atoms with Gasteiger partial charge in [-0.1, -0.05) is 6.92 Å². The minimum atomic E-state index is 0.120. The third-order valence-corrected chi connectivity index (χ3v) is 3.81. The van der Waals surface area contributed by atoms with Gasteiger partial charge in [0.05, 0.1) is 19.0 Å². The van der Waals surface area contributed by atoms with E-state index in [-0.39, 0.29) is 5.91 Å². The van der Waals surface area contributed by atoms with Gasteiger partial charge in [-0.2, -0.15) is 17.0 Å². The van der Waals surface area contributed by atoms with Crippen molar-refractivity contribution < 1.29 is 4.79 Å². The zero-order valence-electron chi connectivity index (χ0n) is 9.98. The predicted molar refractivity (Wildman–Crippen MR) is 66.2 cm³/mol. The first kappa shape index (κ1) is 13.3. The van der Waals surface area contributed by atoms with E-state index in [0.717, 1.165) is 18.8 Å². The highest BCUT2D eigenvalue weighted by molar-refractivity contribution is 7.99. The Labute approximate surface area is 102 Å². The molecule has 1 unspecified atom stereocenters. The molecular formula is C11H19N3OS. The van der Waals surface area contributed by atoms with Gasteiger partial charge < -0.3 is 4.90 Å². The van der Waals surface area contributed by atoms with Crippen molar-refractivity contribution in [1.29, 1.82) is 5.26 Å². The van der Waals surface area contributed by atoms with E-state index < -0.39 is 0 Å². The molecule has 4 nitrogen and oxygen atoms in total. The van der Waals surface area contributed by atoms with Crippen molar-refractivity contribution in [2.75, 3.05) is 39.0 Å². The Kier molecular flexibility index (Phi) is 5.64. The minimum Gasteiger partial charge on any atom is -0.344 e. The first-order chi connectivity index (χ1) is 7.63. The van der Waals surface area contributed by atoms with Gasteiger partial charge in [-0.15, -0.1) is 0 Å². The van der Waals surface area contributed by atoms with Crippen LogP contribution in [-0.4, -0.2) is 59.9 Å². The van der Waals surface area contributed by atoms with E-state index in [9.17, 15) is 4.79 Å². The molecule has 0 aromatic heterocycles. The molecule has 0 aromatic rings. The molecule has 1 aliphatic rings. The van der Waals surface area contributed by atoms with Crippen LogP contribution in [0.5, 0.6) is 0 Å². The average Bonchev–Trinajstić information content (AvgIpc) is 2.25. The van der Waals surface area contributed by atoms with Crippen LogP contribution in [0.1, 0.15) is 13.3 Å². The predicted octanol–water partition coefficient (Wildman–Crippen LogP) is 0.796. The van der Waals surface area contributed by atoms with Crippen LogP contribution in [0.4, 0.5) is 0 Å². The topological polar surface area (TPSA) is 47.3 Å². The van der Waals surface area contributed by atoms with Crippen molar-refractivity contribution >= 4 is 17.7 Å². The molecule has 1 saturated heterocycles. The quantitative estimate of drug-likeness (QED) is 0.730. The first-order valence-electron chi connectivity index (χ1n) is 5.58. The molecule has 0 saturated carbocycles. The molecule has 5 heteroatoms. The van der Waals surface area contributed by atoms with E-state index in [1.54, 1.807) is 11.9 Å². The van der Waals surface area contributed by atoms with Crippen LogP contribution < -0.4 is 0 Å². The second kappa shape index (κ2) is 6.77. The summed E-state index contributed by atoms with van der Waals surface area (Å²) in [6.45, 7) is 5.20. The highest BCUT2D eigenvalue weighted by Gasteiger charge is 2.20. The van der Waals surface area contributed by atoms with Crippen molar-refractivity contribution in [3.05, 3.63) is 0 Å². The van der Waals surface area contributed by atoms with Gasteiger partial charge in [0.25, 0.3) is 0 Å². The Balaban J connectivity index is 2.30. The van der Waals surface area contributed by atoms with E-state index in [1.165, 1.54) is 0 Å². The summed E-state index contributed by atoms with van der Waals surface area (Å²) in [6, 6.07) is 2.05. The lowest BCUT2D eigenvalue weighted by molar-refractivity contribution is -0.131. The molecular weight excluding hydrogens is 222 g/mol. The maximum atomic E-state index is 11.8. The van der Waals surface area contributed by atoms with E-state index in [1.807, 2.05) is 11.8 Å². The molecule has 0 aromatic carbocycles. The number of nitriles is 1. The molecule has 0 bridgehead atoms. The summed E-state index contributed by atoms with van der Waals surface area (Å²) < 4.78 is 0. The van der Waals surface area contributed by atoms with Gasteiger partial charge >= 0.3 is 0 Å². The highest BCUT2D eigenvalue weighted by Crippen LogP contribution is 2.17. The number of likely N-dealkylation sites (N-methyl/N-ethyl adjacent to an activating group) is 1. The molecule has 1 atom stereocenters. The SMILES string of the molecule is CC1CN(CC(=O)N(C)CCC#N)CCS1. The molecule has 0 aliphatic carbocycles. The fourth-order valence-corrected chi connectivity index (χ4v) is 2.77. The molecule has 90 valence electrons. The average molecular weight is 241 g/mol. The molecule has 1 aliphatic heterocycles. The monoisotopic (exact) mass is 241 g/mol. The fourth-order valence-electron chi connectivity index (χ4n) is 1.69. The standard InChI is InChI=1S/C11H19N3OS/c1-10-8-14(6-7-16-10)9-11(15)13(2)5-3-4-12/h10H,3,5-9H2,1-2H3. The minimum absolute atomic E-state index is 0.120. The van der Waals surface area contributed by atoms with Crippen LogP contribution in [-0.2, 0) is 4.79 Å². The largest absolute Gasteiger partial charge is 0.344 e. The van der Waals surface area contributed by atoms with Gasteiger partial charge in [-0.3, -0.25) is 9.69 Å². The lowest BCUT2D eigenvalue weighted by Crippen LogP contribution is -2.44. The van der Waals surface area contributed by atoms with E-state index in [0.29, 0.717) is 24.8 Å². The lowest BCUT2D eigenvalue weighted by atomic mass is 10.3. The van der Waals surface area contributed by atoms with Crippen LogP contribution in [0.15, 0.2) is 0 Å². The first-order valence-corrected chi connectivity index (χ1v) is 6.63. The van der Waals surface area contributed by atoms with Crippen molar-refractivity contribution in [1.82, 2.24) is 9.80 Å². The van der Waals surface area contributed by atoms with E-state index >= 15 is 0 Å². The molecule has 0 radical (unpaired) electrons. The van der Waals surface area contributed by atoms with Gasteiger partial charge in [0.1, 0.15) is 0 Å². The number of nitrogens with zero attached hydrogens (tertiary/aromatic N) is 3. The van der Waals surface area contributed by atoms with Gasteiger partial charge in [-0.25, -0.2) is 0 Å². The van der Waals surface area contributed by atoms with Gasteiger partial charge in [0.2, 0.25) is 5.91 Å². The third-order valence-electron chi connectivity index (χ3n) is 2.67. The summed E-state index contributed by atoms with van der Waals surface area (Å²) >= 11 is 1.96. The third kappa shape index (κ3) is 4.42. The van der Waals surface area contributed by atoms with Crippen LogP contribution in [0.25, 0.3) is 0 Å². The van der Waals surface area contributed by atoms with E-state index in [4.69, 9.17) is 5.26 Å². The van der Waals surface area contributed by atoms with Crippen LogP contribution in [0, 0.1) is 11.3 Å². The number of thioether (sulfide) groups is 1. The Morgan fingerprint density at radius 3 is 3.06 bits per heavy atom. The summed E-state index contributed by atoms with van der Waals surface area (Å²) in [6.07, 6.45) is 0.411.